The van der Waals surface area contributed by atoms with Gasteiger partial charge in [0, 0.05) is 6.21 Å². The van der Waals surface area contributed by atoms with E-state index in [9.17, 15) is 5.11 Å². The van der Waals surface area contributed by atoms with E-state index in [-0.39, 0.29) is 5.75 Å². The van der Waals surface area contributed by atoms with Gasteiger partial charge in [-0.05, 0) is 30.2 Å². The largest absolute Gasteiger partial charge is 0.506 e. The fourth-order valence-electron chi connectivity index (χ4n) is 1.44. The highest BCUT2D eigenvalue weighted by Crippen LogP contribution is 2.24. The van der Waals surface area contributed by atoms with Gasteiger partial charge in [-0.3, -0.25) is 4.99 Å². The zero-order valence-corrected chi connectivity index (χ0v) is 9.09. The Bertz CT molecular complexity index is 470. The molecule has 0 aliphatic carbocycles. The maximum Gasteiger partial charge on any atom is 0.141 e. The maximum atomic E-state index is 9.54. The Hall–Kier alpha value is -2.09. The lowest BCUT2D eigenvalue weighted by molar-refractivity contribution is 0.477. The number of nitrogens with zero attached hydrogens (tertiary/aromatic N) is 1. The number of aromatic hydroxyl groups is 1. The highest BCUT2D eigenvalue weighted by Gasteiger charge is 1.96. The van der Waals surface area contributed by atoms with E-state index < -0.39 is 0 Å². The summed E-state index contributed by atoms with van der Waals surface area (Å²) in [5.74, 6) is 0.201. The molecule has 0 aromatic heterocycles. The second-order valence-electron chi connectivity index (χ2n) is 3.60. The van der Waals surface area contributed by atoms with Crippen LogP contribution in [-0.2, 0) is 0 Å². The number of para-hydroxylation sites is 2. The molecule has 2 aromatic carbocycles. The highest BCUT2D eigenvalue weighted by molar-refractivity contribution is 5.84. The minimum absolute atomic E-state index is 0.201. The van der Waals surface area contributed by atoms with Gasteiger partial charge in [-0.15, -0.1) is 0 Å². The van der Waals surface area contributed by atoms with Crippen LogP contribution >= 0.6 is 0 Å². The quantitative estimate of drug-likeness (QED) is 0.758. The smallest absolute Gasteiger partial charge is 0.141 e. The van der Waals surface area contributed by atoms with E-state index in [1.807, 2.05) is 37.3 Å². The van der Waals surface area contributed by atoms with Crippen LogP contribution in [0.5, 0.6) is 5.75 Å². The monoisotopic (exact) mass is 211 g/mol. The van der Waals surface area contributed by atoms with Gasteiger partial charge >= 0.3 is 0 Å². The lowest BCUT2D eigenvalue weighted by atomic mass is 10.1. The van der Waals surface area contributed by atoms with Crippen LogP contribution in [0.15, 0.2) is 53.5 Å². The molecule has 0 atom stereocenters. The van der Waals surface area contributed by atoms with Gasteiger partial charge < -0.3 is 5.11 Å². The predicted molar refractivity (Wildman–Crippen MR) is 66.5 cm³/mol. The molecule has 0 aliphatic heterocycles. The molecule has 0 saturated heterocycles. The topological polar surface area (TPSA) is 32.6 Å². The van der Waals surface area contributed by atoms with Crippen LogP contribution in [0.2, 0.25) is 0 Å². The Morgan fingerprint density at radius 3 is 2.44 bits per heavy atom. The predicted octanol–water partition coefficient (Wildman–Crippen LogP) is 3.45. The van der Waals surface area contributed by atoms with Gasteiger partial charge in [0.15, 0.2) is 0 Å². The molecule has 2 rings (SSSR count). The van der Waals surface area contributed by atoms with Gasteiger partial charge in [-0.1, -0.05) is 36.4 Å². The zero-order valence-electron chi connectivity index (χ0n) is 9.09. The lowest BCUT2D eigenvalue weighted by Gasteiger charge is -1.99. The number of hydrogen-bond donors (Lipinski definition) is 1. The van der Waals surface area contributed by atoms with Crippen LogP contribution in [0.4, 0.5) is 5.69 Å². The van der Waals surface area contributed by atoms with Crippen LogP contribution in [0.3, 0.4) is 0 Å². The fraction of sp³-hybridized carbons (Fsp3) is 0.0714. The average molecular weight is 211 g/mol. The van der Waals surface area contributed by atoms with E-state index in [0.717, 1.165) is 5.56 Å². The molecule has 0 bridgehead atoms. The summed E-state index contributed by atoms with van der Waals surface area (Å²) >= 11 is 0. The minimum Gasteiger partial charge on any atom is -0.506 e. The van der Waals surface area contributed by atoms with Crippen molar-refractivity contribution in [2.45, 2.75) is 6.92 Å². The van der Waals surface area contributed by atoms with Crippen LogP contribution in [0.1, 0.15) is 11.1 Å². The summed E-state index contributed by atoms with van der Waals surface area (Å²) in [6, 6.07) is 15.0. The SMILES string of the molecule is Cc1ccccc1C=Nc1ccccc1O. The molecule has 0 saturated carbocycles. The first-order valence-corrected chi connectivity index (χ1v) is 5.15. The van der Waals surface area contributed by atoms with Crippen molar-refractivity contribution < 1.29 is 5.11 Å². The lowest BCUT2D eigenvalue weighted by Crippen LogP contribution is -1.84. The number of hydrogen-bond acceptors (Lipinski definition) is 2. The first kappa shape index (κ1) is 10.4. The summed E-state index contributed by atoms with van der Waals surface area (Å²) in [7, 11) is 0. The minimum atomic E-state index is 0.201. The number of phenolic OH excluding ortho intramolecular Hbond substituents is 1. The molecule has 0 spiro atoms. The normalized spacial score (nSPS) is 10.8. The van der Waals surface area contributed by atoms with Crippen molar-refractivity contribution in [2.24, 2.45) is 4.99 Å². The molecule has 2 nitrogen and oxygen atoms in total. The summed E-state index contributed by atoms with van der Waals surface area (Å²) in [5, 5.41) is 9.54. The van der Waals surface area contributed by atoms with Gasteiger partial charge in [-0.2, -0.15) is 0 Å². The number of benzene rings is 2. The van der Waals surface area contributed by atoms with E-state index in [0.29, 0.717) is 5.69 Å². The second kappa shape index (κ2) is 4.62. The third kappa shape index (κ3) is 2.28. The summed E-state index contributed by atoms with van der Waals surface area (Å²) in [4.78, 5) is 4.26. The maximum absolute atomic E-state index is 9.54. The Kier molecular flexibility index (Phi) is 3.01. The molecule has 0 aliphatic rings. The van der Waals surface area contributed by atoms with Crippen molar-refractivity contribution in [1.82, 2.24) is 0 Å². The Balaban J connectivity index is 2.29. The molecule has 2 aromatic rings. The van der Waals surface area contributed by atoms with Crippen molar-refractivity contribution in [3.63, 3.8) is 0 Å². The van der Waals surface area contributed by atoms with Gasteiger partial charge in [0.25, 0.3) is 0 Å². The van der Waals surface area contributed by atoms with Crippen LogP contribution in [-0.4, -0.2) is 11.3 Å². The number of aliphatic imine (C=N–C) groups is 1. The number of phenols is 1. The Morgan fingerprint density at radius 2 is 1.69 bits per heavy atom. The number of aryl methyl sites for hydroxylation is 1. The molecule has 0 unspecified atom stereocenters. The van der Waals surface area contributed by atoms with Crippen molar-refractivity contribution in [1.29, 1.82) is 0 Å². The summed E-state index contributed by atoms with van der Waals surface area (Å²) in [6.45, 7) is 2.03. The number of rotatable bonds is 2. The fourth-order valence-corrected chi connectivity index (χ4v) is 1.44. The first-order chi connectivity index (χ1) is 7.77. The summed E-state index contributed by atoms with van der Waals surface area (Å²) < 4.78 is 0. The van der Waals surface area contributed by atoms with E-state index in [2.05, 4.69) is 4.99 Å². The highest BCUT2D eigenvalue weighted by atomic mass is 16.3. The molecule has 80 valence electrons. The Morgan fingerprint density at radius 1 is 1.00 bits per heavy atom. The molecular formula is C14H13NO. The van der Waals surface area contributed by atoms with Crippen molar-refractivity contribution in [2.75, 3.05) is 0 Å². The van der Waals surface area contributed by atoms with Crippen molar-refractivity contribution in [3.05, 3.63) is 59.7 Å². The average Bonchev–Trinajstić information content (AvgIpc) is 2.30. The third-order valence-electron chi connectivity index (χ3n) is 2.41. The standard InChI is InChI=1S/C14H13NO/c1-11-6-2-3-7-12(11)10-15-13-8-4-5-9-14(13)16/h2-10,16H,1H3. The third-order valence-corrected chi connectivity index (χ3v) is 2.41. The van der Waals surface area contributed by atoms with E-state index in [1.165, 1.54) is 5.56 Å². The van der Waals surface area contributed by atoms with Crippen LogP contribution in [0, 0.1) is 6.92 Å². The van der Waals surface area contributed by atoms with E-state index >= 15 is 0 Å². The summed E-state index contributed by atoms with van der Waals surface area (Å²) in [5.41, 5.74) is 2.82. The van der Waals surface area contributed by atoms with E-state index in [4.69, 9.17) is 0 Å². The van der Waals surface area contributed by atoms with Crippen molar-refractivity contribution in [3.8, 4) is 5.75 Å². The van der Waals surface area contributed by atoms with E-state index in [1.54, 1.807) is 24.4 Å². The van der Waals surface area contributed by atoms with Gasteiger partial charge in [0.2, 0.25) is 0 Å². The van der Waals surface area contributed by atoms with Gasteiger partial charge in [0.05, 0.1) is 0 Å². The molecule has 0 radical (unpaired) electrons. The molecular weight excluding hydrogens is 198 g/mol. The molecule has 0 fully saturated rings. The molecule has 0 heterocycles. The van der Waals surface area contributed by atoms with Crippen LogP contribution in [0.25, 0.3) is 0 Å². The molecule has 0 amide bonds. The Labute approximate surface area is 94.9 Å². The van der Waals surface area contributed by atoms with Crippen molar-refractivity contribution >= 4 is 11.9 Å². The van der Waals surface area contributed by atoms with Crippen LogP contribution < -0.4 is 0 Å². The molecule has 2 heteroatoms. The second-order valence-corrected chi connectivity index (χ2v) is 3.60. The summed E-state index contributed by atoms with van der Waals surface area (Å²) in [6.07, 6.45) is 1.77. The first-order valence-electron chi connectivity index (χ1n) is 5.15. The van der Waals surface area contributed by atoms with Gasteiger partial charge in [-0.25, -0.2) is 0 Å². The molecule has 1 N–H and O–H groups in total. The zero-order chi connectivity index (χ0) is 11.4. The van der Waals surface area contributed by atoms with Gasteiger partial charge in [0.1, 0.15) is 11.4 Å². The molecule has 16 heavy (non-hydrogen) atoms.